The molecule has 3 aromatic carbocycles. The van der Waals surface area contributed by atoms with Gasteiger partial charge in [0.2, 0.25) is 70.9 Å². The molecule has 18 N–H and O–H groups in total. The Bertz CT molecular complexity index is 4350. The van der Waals surface area contributed by atoms with Crippen LogP contribution in [0.1, 0.15) is 192 Å². The van der Waals surface area contributed by atoms with E-state index >= 15 is 0 Å². The van der Waals surface area contributed by atoms with Crippen molar-refractivity contribution in [3.63, 3.8) is 0 Å². The summed E-state index contributed by atoms with van der Waals surface area (Å²) in [5.41, 5.74) is 7.64. The lowest BCUT2D eigenvalue weighted by Gasteiger charge is -2.31. The van der Waals surface area contributed by atoms with E-state index in [1.165, 1.54) is 37.8 Å². The van der Waals surface area contributed by atoms with Crippen LogP contribution in [0.15, 0.2) is 85.1 Å². The Morgan fingerprint density at radius 2 is 0.930 bits per heavy atom. The molecule has 42 heteroatoms. The van der Waals surface area contributed by atoms with Crippen LogP contribution in [-0.2, 0) is 125 Å². The van der Waals surface area contributed by atoms with Crippen LogP contribution in [0.5, 0.6) is 5.75 Å². The highest BCUT2D eigenvalue weighted by atomic mass is 32.3. The number of H-pyrrole nitrogens is 1. The van der Waals surface area contributed by atoms with Crippen LogP contribution in [0, 0.1) is 5.92 Å². The zero-order chi connectivity index (χ0) is 95.1. The minimum atomic E-state index is -4.99. The third kappa shape index (κ3) is 47.8. The van der Waals surface area contributed by atoms with Gasteiger partial charge in [-0.25, -0.2) is 4.79 Å². The number of ether oxygens (including phenoxy) is 4. The van der Waals surface area contributed by atoms with Gasteiger partial charge in [0.25, 0.3) is 0 Å². The standard InChI is InChI=1S/C87H129N13O28S/c1-5-6-29-64(86(118)100(4)71(52-79(110)111)85(117)97-66(80(88)112)48-58-26-20-19-21-27-58)96-83(115)69(50-60-53-91-63-30-25-24-28-62(60)63)94-74(103)54-92-81(113)67(47-57(2)3)98-82(114)68(49-59-33-35-61(36-34-59)128-129(121,122)123)99-84(116)70(51-78(108)109)95-76(105)56-127-46-44-125-42-40-90-75(104)55-126-45-43-124-41-39-89-72(101)38-37-65(87(119)120)93-73(102)31-22-17-15-13-11-9-7-8-10-12-14-16-18-23-32-77(106)107/h19-21,24-28,30,33-36,53,57,64-71,91H,5-18,22-23,29,31-32,37-52,54-56H2,1-4H3,(H2,88,112)(H,89,101)(H,90,104)(H,92,113)(H,93,102)(H,94,103)(H,95,105)(H,96,115)(H,97,117)(H,98,114)(H,99,116)(H,106,107)(H,108,109)(H,110,111)(H,119,120)(H,121,122,123)/t64-,65-,66-,67-,68-,69-,70-,71+/m0/s1. The van der Waals surface area contributed by atoms with Crippen LogP contribution in [0.2, 0.25) is 0 Å². The van der Waals surface area contributed by atoms with Gasteiger partial charge in [0.05, 0.1) is 59.0 Å². The summed E-state index contributed by atoms with van der Waals surface area (Å²) in [6.07, 6.45) is 14.2. The molecule has 0 saturated heterocycles. The van der Waals surface area contributed by atoms with Crippen molar-refractivity contribution in [2.45, 2.75) is 242 Å². The number of nitrogens with two attached hydrogens (primary N) is 1. The highest BCUT2D eigenvalue weighted by Gasteiger charge is 2.38. The number of primary amides is 1. The number of carboxylic acids is 4. The summed E-state index contributed by atoms with van der Waals surface area (Å²) in [5, 5.41) is 64.0. The average molecular weight is 1840 g/mol. The third-order valence-electron chi connectivity index (χ3n) is 20.3. The van der Waals surface area contributed by atoms with E-state index in [1.54, 1.807) is 81.6 Å². The molecular weight excluding hydrogens is 1710 g/mol. The first-order valence-electron chi connectivity index (χ1n) is 43.5. The number of benzene rings is 3. The average Bonchev–Trinajstić information content (AvgIpc) is 1.71. The Kier molecular flexibility index (Phi) is 52.4. The molecular formula is C87H129N13O28S. The molecule has 716 valence electrons. The molecule has 41 nitrogen and oxygen atoms in total. The molecule has 0 unspecified atom stereocenters. The molecule has 129 heavy (non-hydrogen) atoms. The van der Waals surface area contributed by atoms with E-state index in [1.807, 2.05) is 0 Å². The molecule has 0 aliphatic rings. The second-order valence-electron chi connectivity index (χ2n) is 31.5. The number of fused-ring (bicyclic) bond motifs is 1. The fourth-order valence-corrected chi connectivity index (χ4v) is 13.9. The largest absolute Gasteiger partial charge is 0.481 e. The second-order valence-corrected chi connectivity index (χ2v) is 32.5. The van der Waals surface area contributed by atoms with Gasteiger partial charge in [-0.2, -0.15) is 8.42 Å². The van der Waals surface area contributed by atoms with Gasteiger partial charge in [0, 0.05) is 75.8 Å². The van der Waals surface area contributed by atoms with E-state index < -0.39 is 180 Å². The second kappa shape index (κ2) is 61.7. The van der Waals surface area contributed by atoms with Gasteiger partial charge in [0.1, 0.15) is 67.3 Å². The maximum atomic E-state index is 14.7. The molecule has 4 aromatic rings. The van der Waals surface area contributed by atoms with Gasteiger partial charge in [0.15, 0.2) is 0 Å². The molecule has 1 aromatic heterocycles. The Morgan fingerprint density at radius 3 is 1.49 bits per heavy atom. The van der Waals surface area contributed by atoms with Crippen LogP contribution in [0.3, 0.4) is 0 Å². The minimum Gasteiger partial charge on any atom is -0.481 e. The summed E-state index contributed by atoms with van der Waals surface area (Å²) in [7, 11) is -3.83. The number of rotatable bonds is 71. The van der Waals surface area contributed by atoms with Gasteiger partial charge in [-0.05, 0) is 72.9 Å². The number of unbranched alkanes of at least 4 members (excludes halogenated alkanes) is 14. The lowest BCUT2D eigenvalue weighted by molar-refractivity contribution is -0.147. The first-order valence-corrected chi connectivity index (χ1v) is 44.9. The number of aliphatic carboxylic acids is 4. The minimum absolute atomic E-state index is 0.0103. The molecule has 0 saturated carbocycles. The molecule has 4 rings (SSSR count). The molecule has 12 amide bonds. The summed E-state index contributed by atoms with van der Waals surface area (Å²) in [4.78, 5) is 214. The van der Waals surface area contributed by atoms with Crippen molar-refractivity contribution in [2.24, 2.45) is 11.7 Å². The van der Waals surface area contributed by atoms with Crippen molar-refractivity contribution >= 4 is 116 Å². The number of carbonyl (C=O) groups is 16. The molecule has 8 atom stereocenters. The smallest absolute Gasteiger partial charge is 0.446 e. The van der Waals surface area contributed by atoms with Crippen LogP contribution in [0.25, 0.3) is 10.9 Å². The molecule has 0 aliphatic heterocycles. The van der Waals surface area contributed by atoms with Gasteiger partial charge in [-0.1, -0.05) is 171 Å². The lowest BCUT2D eigenvalue weighted by atomic mass is 10.0. The Balaban J connectivity index is 1.26. The number of nitrogens with one attached hydrogen (secondary N) is 11. The van der Waals surface area contributed by atoms with E-state index in [2.05, 4.69) is 62.3 Å². The Morgan fingerprint density at radius 1 is 0.442 bits per heavy atom. The summed E-state index contributed by atoms with van der Waals surface area (Å²) in [6.45, 7) is 3.29. The number of hydrogen-bond donors (Lipinski definition) is 17. The fourth-order valence-electron chi connectivity index (χ4n) is 13.5. The van der Waals surface area contributed by atoms with Crippen molar-refractivity contribution in [1.29, 1.82) is 0 Å². The SMILES string of the molecule is CCCC[C@H](NC(=O)[C@H](Cc1c[nH]c2ccccc12)NC(=O)CNC(=O)[C@H](CC(C)C)NC(=O)[C@H](Cc1ccc(OS(=O)(=O)O)cc1)NC(=O)[C@H](CC(=O)O)NC(=O)COCCOCCNC(=O)COCCOCCNC(=O)CC[C@H](NC(=O)CCCCCCCCCCCCCCCCC(=O)O)C(=O)O)C(=O)N(C)[C@H](CC(=O)O)C(=O)N[C@@H](Cc1ccccc1)C(N)=O. The van der Waals surface area contributed by atoms with Crippen molar-refractivity contribution in [1.82, 2.24) is 63.1 Å². The molecule has 0 spiro atoms. The van der Waals surface area contributed by atoms with Crippen molar-refractivity contribution in [2.75, 3.05) is 79.5 Å². The number of amides is 12. The van der Waals surface area contributed by atoms with Crippen LogP contribution in [0.4, 0.5) is 0 Å². The normalized spacial score (nSPS) is 13.1. The van der Waals surface area contributed by atoms with Gasteiger partial charge in [-0.15, -0.1) is 0 Å². The van der Waals surface area contributed by atoms with Crippen LogP contribution < -0.4 is 63.1 Å². The van der Waals surface area contributed by atoms with Gasteiger partial charge >= 0.3 is 34.3 Å². The first kappa shape index (κ1) is 110. The van der Waals surface area contributed by atoms with Crippen molar-refractivity contribution in [3.05, 3.63) is 102 Å². The summed E-state index contributed by atoms with van der Waals surface area (Å²) in [6, 6.07) is 7.89. The highest BCUT2D eigenvalue weighted by molar-refractivity contribution is 7.81. The zero-order valence-corrected chi connectivity index (χ0v) is 74.5. The van der Waals surface area contributed by atoms with E-state index in [0.717, 1.165) is 81.9 Å². The number of carboxylic acid groups (broad SMARTS) is 4. The monoisotopic (exact) mass is 1840 g/mol. The van der Waals surface area contributed by atoms with Crippen molar-refractivity contribution in [3.8, 4) is 5.75 Å². The van der Waals surface area contributed by atoms with E-state index in [-0.39, 0.29) is 134 Å². The number of likely N-dealkylation sites (N-methyl/N-ethyl adjacent to an activating group) is 1. The van der Waals surface area contributed by atoms with E-state index in [0.29, 0.717) is 41.3 Å². The van der Waals surface area contributed by atoms with Gasteiger partial charge in [-0.3, -0.25) is 76.5 Å². The maximum absolute atomic E-state index is 14.7. The molecule has 0 bridgehead atoms. The summed E-state index contributed by atoms with van der Waals surface area (Å²) in [5.74, 6) is -16.1. The molecule has 1 heterocycles. The number of hydrogen-bond acceptors (Lipinski definition) is 23. The number of nitrogens with zero attached hydrogens (tertiary/aromatic N) is 1. The number of aromatic nitrogens is 1. The fraction of sp³-hybridized carbons (Fsp3) is 0.586. The molecule has 0 aliphatic carbocycles. The van der Waals surface area contributed by atoms with E-state index in [9.17, 15) is 105 Å². The third-order valence-corrected chi connectivity index (χ3v) is 20.7. The van der Waals surface area contributed by atoms with Gasteiger partial charge < -0.3 is 112 Å². The predicted octanol–water partition coefficient (Wildman–Crippen LogP) is 2.87. The Labute approximate surface area is 750 Å². The highest BCUT2D eigenvalue weighted by Crippen LogP contribution is 2.22. The molecule has 0 radical (unpaired) electrons. The maximum Gasteiger partial charge on any atom is 0.446 e. The summed E-state index contributed by atoms with van der Waals surface area (Å²) >= 11 is 0. The zero-order valence-electron chi connectivity index (χ0n) is 73.7. The first-order chi connectivity index (χ1) is 61.5. The van der Waals surface area contributed by atoms with Crippen LogP contribution >= 0.6 is 0 Å². The summed E-state index contributed by atoms with van der Waals surface area (Å²) < 4.78 is 58.3. The van der Waals surface area contributed by atoms with E-state index in [4.69, 9.17) is 29.8 Å². The lowest BCUT2D eigenvalue weighted by Crippen LogP contribution is -2.59. The van der Waals surface area contributed by atoms with Crippen molar-refractivity contribution < 1.29 is 133 Å². The number of aromatic amines is 1. The topological polar surface area (TPSA) is 620 Å². The predicted molar refractivity (Wildman–Crippen MR) is 468 cm³/mol. The number of para-hydroxylation sites is 1. The Hall–Kier alpha value is -11.7. The number of carbonyl (C=O) groups excluding carboxylic acids is 12. The quantitative estimate of drug-likeness (QED) is 0.0223. The van der Waals surface area contributed by atoms with Crippen LogP contribution in [-0.4, -0.2) is 266 Å². The molecule has 0 fully saturated rings.